The fraction of sp³-hybridized carbons (Fsp3) is 0.600. The lowest BCUT2D eigenvalue weighted by Crippen LogP contribution is -2.44. The van der Waals surface area contributed by atoms with E-state index >= 15 is 0 Å². The molecule has 0 unspecified atom stereocenters. The van der Waals surface area contributed by atoms with Gasteiger partial charge in [-0.3, -0.25) is 0 Å². The predicted molar refractivity (Wildman–Crippen MR) is 74.9 cm³/mol. The van der Waals surface area contributed by atoms with E-state index in [1.807, 2.05) is 0 Å². The van der Waals surface area contributed by atoms with E-state index in [0.717, 1.165) is 26.2 Å². The lowest BCUT2D eigenvalue weighted by Gasteiger charge is -2.28. The molecule has 2 aliphatic heterocycles. The average molecular weight is 245 g/mol. The molecular formula is C15H23N3. The van der Waals surface area contributed by atoms with Gasteiger partial charge in [-0.1, -0.05) is 18.2 Å². The Kier molecular flexibility index (Phi) is 3.93. The van der Waals surface area contributed by atoms with Crippen molar-refractivity contribution in [3.63, 3.8) is 0 Å². The molecule has 3 nitrogen and oxygen atoms in total. The van der Waals surface area contributed by atoms with Gasteiger partial charge in [0, 0.05) is 39.3 Å². The summed E-state index contributed by atoms with van der Waals surface area (Å²) in [7, 11) is 0. The smallest absolute Gasteiger partial charge is 0.0211 e. The van der Waals surface area contributed by atoms with Crippen molar-refractivity contribution in [1.29, 1.82) is 0 Å². The zero-order valence-corrected chi connectivity index (χ0v) is 11.0. The molecule has 0 bridgehead atoms. The number of rotatable bonds is 3. The van der Waals surface area contributed by atoms with Crippen molar-refractivity contribution in [3.05, 3.63) is 34.9 Å². The van der Waals surface area contributed by atoms with Crippen molar-refractivity contribution in [2.24, 2.45) is 0 Å². The van der Waals surface area contributed by atoms with E-state index < -0.39 is 0 Å². The predicted octanol–water partition coefficient (Wildman–Crippen LogP) is 0.780. The highest BCUT2D eigenvalue weighted by Crippen LogP contribution is 2.19. The molecule has 2 N–H and O–H groups in total. The quantitative estimate of drug-likeness (QED) is 0.824. The van der Waals surface area contributed by atoms with Gasteiger partial charge in [0.2, 0.25) is 0 Å². The van der Waals surface area contributed by atoms with Gasteiger partial charge in [0.05, 0.1) is 0 Å². The highest BCUT2D eigenvalue weighted by Gasteiger charge is 2.14. The normalized spacial score (nSPS) is 20.7. The minimum absolute atomic E-state index is 1.06. The second kappa shape index (κ2) is 5.83. The largest absolute Gasteiger partial charge is 0.314 e. The molecule has 1 aromatic rings. The molecule has 0 aliphatic carbocycles. The number of nitrogens with zero attached hydrogens (tertiary/aromatic N) is 1. The maximum atomic E-state index is 3.50. The first kappa shape index (κ1) is 12.2. The van der Waals surface area contributed by atoms with Crippen molar-refractivity contribution in [2.75, 3.05) is 39.3 Å². The third-order valence-corrected chi connectivity index (χ3v) is 4.15. The van der Waals surface area contributed by atoms with Gasteiger partial charge in [0.15, 0.2) is 0 Å². The monoisotopic (exact) mass is 245 g/mol. The summed E-state index contributed by atoms with van der Waals surface area (Å²) in [6, 6.07) is 6.84. The molecule has 3 rings (SSSR count). The van der Waals surface area contributed by atoms with Crippen LogP contribution in [0.2, 0.25) is 0 Å². The number of nitrogens with one attached hydrogen (secondary N) is 2. The Morgan fingerprint density at radius 2 is 1.94 bits per heavy atom. The first-order chi connectivity index (χ1) is 8.93. The number of hydrogen-bond acceptors (Lipinski definition) is 3. The van der Waals surface area contributed by atoms with Gasteiger partial charge in [-0.15, -0.1) is 0 Å². The van der Waals surface area contributed by atoms with E-state index in [1.54, 1.807) is 16.7 Å². The van der Waals surface area contributed by atoms with Crippen LogP contribution in [0.25, 0.3) is 0 Å². The van der Waals surface area contributed by atoms with Crippen molar-refractivity contribution in [2.45, 2.75) is 19.4 Å². The third kappa shape index (κ3) is 2.74. The number of benzene rings is 1. The first-order valence-corrected chi connectivity index (χ1v) is 7.17. The Labute approximate surface area is 110 Å². The van der Waals surface area contributed by atoms with Gasteiger partial charge in [0.1, 0.15) is 0 Å². The Balaban J connectivity index is 1.65. The summed E-state index contributed by atoms with van der Waals surface area (Å²) in [5.41, 5.74) is 4.68. The van der Waals surface area contributed by atoms with E-state index in [-0.39, 0.29) is 0 Å². The van der Waals surface area contributed by atoms with Crippen LogP contribution in [0.3, 0.4) is 0 Å². The number of fused-ring (bicyclic) bond motifs is 1. The summed E-state index contributed by atoms with van der Waals surface area (Å²) in [5.74, 6) is 0. The van der Waals surface area contributed by atoms with Crippen LogP contribution < -0.4 is 10.6 Å². The van der Waals surface area contributed by atoms with Crippen LogP contribution in [0.4, 0.5) is 0 Å². The summed E-state index contributed by atoms with van der Waals surface area (Å²) < 4.78 is 0. The third-order valence-electron chi connectivity index (χ3n) is 4.15. The van der Waals surface area contributed by atoms with Crippen molar-refractivity contribution < 1.29 is 0 Å². The van der Waals surface area contributed by atoms with Crippen LogP contribution >= 0.6 is 0 Å². The average Bonchev–Trinajstić information content (AvgIpc) is 2.46. The second-order valence-electron chi connectivity index (χ2n) is 5.32. The number of hydrogen-bond donors (Lipinski definition) is 2. The molecule has 0 radical (unpaired) electrons. The highest BCUT2D eigenvalue weighted by atomic mass is 15.2. The molecule has 98 valence electrons. The summed E-state index contributed by atoms with van der Waals surface area (Å²) >= 11 is 0. The van der Waals surface area contributed by atoms with E-state index in [1.165, 1.54) is 32.5 Å². The van der Waals surface area contributed by atoms with E-state index in [4.69, 9.17) is 0 Å². The van der Waals surface area contributed by atoms with Crippen LogP contribution in [-0.2, 0) is 19.4 Å². The van der Waals surface area contributed by atoms with E-state index in [9.17, 15) is 0 Å². The molecule has 2 aliphatic rings. The maximum absolute atomic E-state index is 3.50. The molecule has 3 heteroatoms. The second-order valence-corrected chi connectivity index (χ2v) is 5.32. The van der Waals surface area contributed by atoms with Crippen molar-refractivity contribution >= 4 is 0 Å². The molecule has 0 saturated carbocycles. The summed E-state index contributed by atoms with van der Waals surface area (Å²) in [6.45, 7) is 8.10. The summed E-state index contributed by atoms with van der Waals surface area (Å²) in [4.78, 5) is 2.58. The molecule has 1 fully saturated rings. The lowest BCUT2D eigenvalue weighted by atomic mass is 9.94. The van der Waals surface area contributed by atoms with Crippen LogP contribution in [0, 0.1) is 0 Å². The van der Waals surface area contributed by atoms with Gasteiger partial charge in [-0.2, -0.15) is 0 Å². The molecule has 2 heterocycles. The topological polar surface area (TPSA) is 27.3 Å². The molecule has 1 saturated heterocycles. The highest BCUT2D eigenvalue weighted by molar-refractivity contribution is 5.37. The minimum Gasteiger partial charge on any atom is -0.314 e. The molecular weight excluding hydrogens is 222 g/mol. The van der Waals surface area contributed by atoms with Crippen LogP contribution in [0.5, 0.6) is 0 Å². The van der Waals surface area contributed by atoms with Crippen LogP contribution in [0.1, 0.15) is 16.7 Å². The van der Waals surface area contributed by atoms with Crippen molar-refractivity contribution in [1.82, 2.24) is 15.5 Å². The Morgan fingerprint density at radius 3 is 2.83 bits per heavy atom. The van der Waals surface area contributed by atoms with Crippen molar-refractivity contribution in [3.8, 4) is 0 Å². The molecule has 0 aromatic heterocycles. The van der Waals surface area contributed by atoms with Gasteiger partial charge in [-0.25, -0.2) is 0 Å². The molecule has 0 atom stereocenters. The standard InChI is InChI=1S/C15H23N3/c1-2-13-4-6-17-12-15(13)14(3-1)5-9-18-10-7-16-8-11-18/h1-3,16-17H,4-12H2. The van der Waals surface area contributed by atoms with Gasteiger partial charge in [0.25, 0.3) is 0 Å². The SMILES string of the molecule is c1cc2c(c(CCN3CCNCC3)c1)CNCC2. The number of piperazine rings is 1. The zero-order valence-electron chi connectivity index (χ0n) is 11.0. The molecule has 0 amide bonds. The minimum atomic E-state index is 1.06. The van der Waals surface area contributed by atoms with Gasteiger partial charge in [-0.05, 0) is 36.1 Å². The fourth-order valence-corrected chi connectivity index (χ4v) is 3.03. The molecule has 18 heavy (non-hydrogen) atoms. The summed E-state index contributed by atoms with van der Waals surface area (Å²) in [6.07, 6.45) is 2.39. The fourth-order valence-electron chi connectivity index (χ4n) is 3.03. The maximum Gasteiger partial charge on any atom is 0.0211 e. The van der Waals surface area contributed by atoms with E-state index in [2.05, 4.69) is 33.7 Å². The Bertz CT molecular complexity index is 397. The van der Waals surface area contributed by atoms with E-state index in [0.29, 0.717) is 0 Å². The first-order valence-electron chi connectivity index (χ1n) is 7.17. The van der Waals surface area contributed by atoms with Crippen LogP contribution in [0.15, 0.2) is 18.2 Å². The zero-order chi connectivity index (χ0) is 12.2. The Morgan fingerprint density at radius 1 is 1.06 bits per heavy atom. The van der Waals surface area contributed by atoms with Gasteiger partial charge < -0.3 is 15.5 Å². The summed E-state index contributed by atoms with van der Waals surface area (Å²) in [5, 5.41) is 6.91. The van der Waals surface area contributed by atoms with Crippen LogP contribution in [-0.4, -0.2) is 44.2 Å². The molecule has 1 aromatic carbocycles. The van der Waals surface area contributed by atoms with Gasteiger partial charge >= 0.3 is 0 Å². The lowest BCUT2D eigenvalue weighted by molar-refractivity contribution is 0.243. The molecule has 0 spiro atoms. The Hall–Kier alpha value is -0.900.